The lowest BCUT2D eigenvalue weighted by molar-refractivity contribution is 0.101. The minimum Gasteiger partial charge on any atom is -0.496 e. The second-order valence-electron chi connectivity index (χ2n) is 5.56. The van der Waals surface area contributed by atoms with Gasteiger partial charge in [0.05, 0.1) is 13.2 Å². The molecule has 1 N–H and O–H groups in total. The summed E-state index contributed by atoms with van der Waals surface area (Å²) in [4.78, 5) is 0. The Morgan fingerprint density at radius 2 is 2.33 bits per heavy atom. The highest BCUT2D eigenvalue weighted by molar-refractivity contribution is 6.30. The molecule has 3 nitrogen and oxygen atoms in total. The van der Waals surface area contributed by atoms with Gasteiger partial charge >= 0.3 is 0 Å². The van der Waals surface area contributed by atoms with Crippen LogP contribution in [0.3, 0.4) is 0 Å². The number of methoxy groups -OCH3 is 1. The number of rotatable bonds is 8. The van der Waals surface area contributed by atoms with Gasteiger partial charge in [0.2, 0.25) is 0 Å². The predicted molar refractivity (Wildman–Crippen MR) is 87.2 cm³/mol. The quantitative estimate of drug-likeness (QED) is 0.774. The van der Waals surface area contributed by atoms with Crippen LogP contribution in [-0.2, 0) is 4.74 Å². The first-order valence-electron chi connectivity index (χ1n) is 7.93. The molecule has 0 bridgehead atoms. The molecule has 2 rings (SSSR count). The summed E-state index contributed by atoms with van der Waals surface area (Å²) in [6, 6.07) is 6.20. The van der Waals surface area contributed by atoms with Crippen LogP contribution >= 0.6 is 11.6 Å². The SMILES string of the molecule is CCNC(CCCC1CCCO1)c1ccc(Cl)cc1OC. The molecule has 4 heteroatoms. The van der Waals surface area contributed by atoms with Crippen LogP contribution in [0.2, 0.25) is 5.02 Å². The van der Waals surface area contributed by atoms with Crippen LogP contribution in [0.25, 0.3) is 0 Å². The van der Waals surface area contributed by atoms with Crippen LogP contribution < -0.4 is 10.1 Å². The average Bonchev–Trinajstić information content (AvgIpc) is 2.99. The zero-order chi connectivity index (χ0) is 15.1. The third kappa shape index (κ3) is 4.87. The van der Waals surface area contributed by atoms with Crippen molar-refractivity contribution >= 4 is 11.6 Å². The van der Waals surface area contributed by atoms with Gasteiger partial charge in [-0.2, -0.15) is 0 Å². The van der Waals surface area contributed by atoms with Crippen molar-refractivity contribution in [1.82, 2.24) is 5.32 Å². The molecule has 118 valence electrons. The molecule has 0 amide bonds. The van der Waals surface area contributed by atoms with Gasteiger partial charge in [-0.05, 0) is 50.8 Å². The first-order valence-corrected chi connectivity index (χ1v) is 8.30. The standard InChI is InChI=1S/C17H26ClNO2/c1-3-19-16(8-4-6-14-7-5-11-21-14)15-10-9-13(18)12-17(15)20-2/h9-10,12,14,16,19H,3-8,11H2,1-2H3. The van der Waals surface area contributed by atoms with Crippen LogP contribution in [0.15, 0.2) is 18.2 Å². The summed E-state index contributed by atoms with van der Waals surface area (Å²) in [6.07, 6.45) is 6.31. The topological polar surface area (TPSA) is 30.5 Å². The molecule has 21 heavy (non-hydrogen) atoms. The van der Waals surface area contributed by atoms with Crippen LogP contribution in [-0.4, -0.2) is 26.4 Å². The van der Waals surface area contributed by atoms with Crippen molar-refractivity contribution in [2.24, 2.45) is 0 Å². The number of hydrogen-bond donors (Lipinski definition) is 1. The lowest BCUT2D eigenvalue weighted by Gasteiger charge is -2.21. The second kappa shape index (κ2) is 8.62. The normalized spacial score (nSPS) is 19.7. The molecular formula is C17H26ClNO2. The van der Waals surface area contributed by atoms with Crippen molar-refractivity contribution in [1.29, 1.82) is 0 Å². The maximum absolute atomic E-state index is 6.05. The van der Waals surface area contributed by atoms with E-state index in [4.69, 9.17) is 21.1 Å². The first kappa shape index (κ1) is 16.6. The van der Waals surface area contributed by atoms with Gasteiger partial charge in [-0.1, -0.05) is 24.6 Å². The molecule has 1 fully saturated rings. The van der Waals surface area contributed by atoms with E-state index in [1.807, 2.05) is 12.1 Å². The second-order valence-corrected chi connectivity index (χ2v) is 6.00. The van der Waals surface area contributed by atoms with Crippen molar-refractivity contribution in [3.05, 3.63) is 28.8 Å². The average molecular weight is 312 g/mol. The van der Waals surface area contributed by atoms with E-state index in [9.17, 15) is 0 Å². The van der Waals surface area contributed by atoms with Gasteiger partial charge in [-0.15, -0.1) is 0 Å². The van der Waals surface area contributed by atoms with Crippen molar-refractivity contribution in [3.63, 3.8) is 0 Å². The Bertz CT molecular complexity index is 433. The maximum Gasteiger partial charge on any atom is 0.125 e. The molecule has 0 spiro atoms. The van der Waals surface area contributed by atoms with Gasteiger partial charge in [-0.25, -0.2) is 0 Å². The van der Waals surface area contributed by atoms with Crippen LogP contribution in [0.1, 0.15) is 50.6 Å². The van der Waals surface area contributed by atoms with E-state index in [0.717, 1.165) is 38.2 Å². The molecule has 1 aliphatic rings. The van der Waals surface area contributed by atoms with Crippen LogP contribution in [0, 0.1) is 0 Å². The fraction of sp³-hybridized carbons (Fsp3) is 0.647. The Morgan fingerprint density at radius 1 is 1.48 bits per heavy atom. The molecule has 0 aromatic heterocycles. The lowest BCUT2D eigenvalue weighted by atomic mass is 9.98. The Kier molecular flexibility index (Phi) is 6.81. The summed E-state index contributed by atoms with van der Waals surface area (Å²) in [5, 5.41) is 4.27. The number of ether oxygens (including phenoxy) is 2. The zero-order valence-corrected chi connectivity index (χ0v) is 13.8. The Balaban J connectivity index is 1.96. The molecule has 0 saturated carbocycles. The van der Waals surface area contributed by atoms with E-state index in [1.54, 1.807) is 7.11 Å². The first-order chi connectivity index (χ1) is 10.2. The monoisotopic (exact) mass is 311 g/mol. The van der Waals surface area contributed by atoms with Crippen LogP contribution in [0.5, 0.6) is 5.75 Å². The summed E-state index contributed by atoms with van der Waals surface area (Å²) in [6.45, 7) is 4.01. The number of hydrogen-bond acceptors (Lipinski definition) is 3. The van der Waals surface area contributed by atoms with Gasteiger partial charge in [-0.3, -0.25) is 0 Å². The van der Waals surface area contributed by atoms with E-state index in [1.165, 1.54) is 18.4 Å². The summed E-state index contributed by atoms with van der Waals surface area (Å²) in [7, 11) is 1.70. The largest absolute Gasteiger partial charge is 0.496 e. The Morgan fingerprint density at radius 3 is 3.00 bits per heavy atom. The Hall–Kier alpha value is -0.770. The van der Waals surface area contributed by atoms with E-state index in [0.29, 0.717) is 17.2 Å². The van der Waals surface area contributed by atoms with Crippen molar-refractivity contribution in [2.45, 2.75) is 51.2 Å². The van der Waals surface area contributed by atoms with Gasteiger partial charge in [0.15, 0.2) is 0 Å². The molecule has 2 atom stereocenters. The minimum atomic E-state index is 0.309. The molecule has 1 heterocycles. The zero-order valence-electron chi connectivity index (χ0n) is 13.0. The molecule has 1 saturated heterocycles. The van der Waals surface area contributed by atoms with Crippen molar-refractivity contribution in [3.8, 4) is 5.75 Å². The number of halogens is 1. The Labute approximate surface area is 133 Å². The molecule has 0 aliphatic carbocycles. The summed E-state index contributed by atoms with van der Waals surface area (Å²) in [5.41, 5.74) is 1.19. The van der Waals surface area contributed by atoms with Gasteiger partial charge in [0, 0.05) is 23.2 Å². The van der Waals surface area contributed by atoms with Gasteiger partial charge < -0.3 is 14.8 Å². The predicted octanol–water partition coefficient (Wildman–Crippen LogP) is 4.35. The highest BCUT2D eigenvalue weighted by Gasteiger charge is 2.18. The molecule has 2 unspecified atom stereocenters. The maximum atomic E-state index is 6.05. The number of nitrogens with one attached hydrogen (secondary N) is 1. The van der Waals surface area contributed by atoms with Gasteiger partial charge in [0.1, 0.15) is 5.75 Å². The summed E-state index contributed by atoms with van der Waals surface area (Å²) >= 11 is 6.05. The molecule has 1 aliphatic heterocycles. The van der Waals surface area contributed by atoms with Crippen molar-refractivity contribution < 1.29 is 9.47 Å². The van der Waals surface area contributed by atoms with E-state index in [-0.39, 0.29) is 0 Å². The lowest BCUT2D eigenvalue weighted by Crippen LogP contribution is -2.22. The molecule has 1 aromatic rings. The summed E-state index contributed by atoms with van der Waals surface area (Å²) < 4.78 is 11.2. The van der Waals surface area contributed by atoms with E-state index in [2.05, 4.69) is 18.3 Å². The molecule has 1 aromatic carbocycles. The third-order valence-corrected chi connectivity index (χ3v) is 4.30. The van der Waals surface area contributed by atoms with Crippen LogP contribution in [0.4, 0.5) is 0 Å². The van der Waals surface area contributed by atoms with Crippen molar-refractivity contribution in [2.75, 3.05) is 20.3 Å². The van der Waals surface area contributed by atoms with E-state index < -0.39 is 0 Å². The molecule has 0 radical (unpaired) electrons. The fourth-order valence-corrected chi connectivity index (χ4v) is 3.17. The molecular weight excluding hydrogens is 286 g/mol. The number of benzene rings is 1. The highest BCUT2D eigenvalue weighted by Crippen LogP contribution is 2.31. The third-order valence-electron chi connectivity index (χ3n) is 4.06. The highest BCUT2D eigenvalue weighted by atomic mass is 35.5. The fourth-order valence-electron chi connectivity index (χ4n) is 3.01. The van der Waals surface area contributed by atoms with E-state index >= 15 is 0 Å². The summed E-state index contributed by atoms with van der Waals surface area (Å²) in [5.74, 6) is 0.866. The smallest absolute Gasteiger partial charge is 0.125 e. The minimum absolute atomic E-state index is 0.309. The van der Waals surface area contributed by atoms with Gasteiger partial charge in [0.25, 0.3) is 0 Å².